The van der Waals surface area contributed by atoms with Crippen molar-refractivity contribution in [2.45, 2.75) is 27.2 Å². The number of hydrogen-bond acceptors (Lipinski definition) is 4. The summed E-state index contributed by atoms with van der Waals surface area (Å²) in [6.07, 6.45) is 0.547. The van der Waals surface area contributed by atoms with E-state index in [1.807, 2.05) is 6.92 Å². The van der Waals surface area contributed by atoms with Crippen LogP contribution < -0.4 is 10.9 Å². The molecule has 28 heavy (non-hydrogen) atoms. The normalized spacial score (nSPS) is 10.9. The molecule has 2 N–H and O–H groups in total. The number of anilines is 1. The van der Waals surface area contributed by atoms with Gasteiger partial charge in [0.05, 0.1) is 15.2 Å². The lowest BCUT2D eigenvalue weighted by atomic mass is 10.2. The number of benzene rings is 1. The summed E-state index contributed by atoms with van der Waals surface area (Å²) in [6.45, 7) is 5.34. The summed E-state index contributed by atoms with van der Waals surface area (Å²) in [7, 11) is 0. The number of aromatic amines is 1. The van der Waals surface area contributed by atoms with E-state index in [4.69, 9.17) is 11.6 Å². The van der Waals surface area contributed by atoms with Crippen LogP contribution in [0.2, 0.25) is 5.02 Å². The van der Waals surface area contributed by atoms with E-state index in [1.165, 1.54) is 16.8 Å². The Balaban J connectivity index is 2.05. The minimum absolute atomic E-state index is 0.159. The van der Waals surface area contributed by atoms with Crippen LogP contribution in [0.4, 0.5) is 10.2 Å². The number of aromatic nitrogens is 4. The van der Waals surface area contributed by atoms with Crippen LogP contribution in [-0.4, -0.2) is 25.7 Å². The van der Waals surface area contributed by atoms with Gasteiger partial charge >= 0.3 is 0 Å². The molecule has 0 aliphatic carbocycles. The molecule has 2 heterocycles. The van der Waals surface area contributed by atoms with Gasteiger partial charge in [0.15, 0.2) is 5.82 Å². The first-order chi connectivity index (χ1) is 13.2. The Morgan fingerprint density at radius 3 is 2.68 bits per heavy atom. The fourth-order valence-electron chi connectivity index (χ4n) is 2.70. The molecular formula is C18H16BrClFN5O2. The first kappa shape index (κ1) is 20.2. The van der Waals surface area contributed by atoms with Crippen molar-refractivity contribution < 1.29 is 9.18 Å². The third-order valence-electron chi connectivity index (χ3n) is 4.17. The van der Waals surface area contributed by atoms with Crippen molar-refractivity contribution in [3.8, 4) is 5.95 Å². The molecule has 0 aliphatic heterocycles. The molecule has 0 atom stereocenters. The Morgan fingerprint density at radius 1 is 1.36 bits per heavy atom. The van der Waals surface area contributed by atoms with E-state index >= 15 is 0 Å². The Kier molecular flexibility index (Phi) is 5.66. The second kappa shape index (κ2) is 7.84. The highest BCUT2D eigenvalue weighted by molar-refractivity contribution is 9.10. The predicted molar refractivity (Wildman–Crippen MR) is 108 cm³/mol. The number of halogens is 3. The molecule has 0 radical (unpaired) electrons. The summed E-state index contributed by atoms with van der Waals surface area (Å²) in [5.74, 6) is -0.697. The second-order valence-electron chi connectivity index (χ2n) is 6.05. The number of aryl methyl sites for hydroxylation is 2. The monoisotopic (exact) mass is 467 g/mol. The average molecular weight is 469 g/mol. The highest BCUT2D eigenvalue weighted by atomic mass is 79.9. The maximum atomic E-state index is 13.4. The quantitative estimate of drug-likeness (QED) is 0.606. The van der Waals surface area contributed by atoms with Crippen molar-refractivity contribution in [3.63, 3.8) is 0 Å². The van der Waals surface area contributed by atoms with E-state index in [-0.39, 0.29) is 27.9 Å². The van der Waals surface area contributed by atoms with Crippen LogP contribution in [0.3, 0.4) is 0 Å². The largest absolute Gasteiger partial charge is 0.305 e. The SMILES string of the molecule is CCc1c(C)nc(-n2nc(C)c(Br)c2NC(=O)c2ccc(F)c(Cl)c2)[nH]c1=O. The Bertz CT molecular complexity index is 1140. The maximum Gasteiger partial charge on any atom is 0.256 e. The van der Waals surface area contributed by atoms with Crippen molar-refractivity contribution in [1.29, 1.82) is 0 Å². The summed E-state index contributed by atoms with van der Waals surface area (Å²) < 4.78 is 15.2. The highest BCUT2D eigenvalue weighted by Crippen LogP contribution is 2.28. The average Bonchev–Trinajstić information content (AvgIpc) is 2.92. The highest BCUT2D eigenvalue weighted by Gasteiger charge is 2.20. The molecule has 3 rings (SSSR count). The molecule has 3 aromatic rings. The first-order valence-electron chi connectivity index (χ1n) is 8.34. The number of rotatable bonds is 4. The summed E-state index contributed by atoms with van der Waals surface area (Å²) in [5, 5.41) is 6.87. The lowest BCUT2D eigenvalue weighted by Gasteiger charge is -2.11. The van der Waals surface area contributed by atoms with Crippen LogP contribution in [0.1, 0.15) is 34.2 Å². The van der Waals surface area contributed by atoms with E-state index in [0.29, 0.717) is 27.8 Å². The number of carbonyl (C=O) groups is 1. The van der Waals surface area contributed by atoms with Crippen molar-refractivity contribution in [2.24, 2.45) is 0 Å². The number of hydrogen-bond donors (Lipinski definition) is 2. The van der Waals surface area contributed by atoms with Crippen LogP contribution in [0.25, 0.3) is 5.95 Å². The zero-order chi connectivity index (χ0) is 20.6. The summed E-state index contributed by atoms with van der Waals surface area (Å²) >= 11 is 9.14. The number of amides is 1. The fourth-order valence-corrected chi connectivity index (χ4v) is 3.23. The third-order valence-corrected chi connectivity index (χ3v) is 5.40. The number of carbonyl (C=O) groups excluding carboxylic acids is 1. The third kappa shape index (κ3) is 3.72. The molecule has 146 valence electrons. The van der Waals surface area contributed by atoms with Crippen LogP contribution in [0.5, 0.6) is 0 Å². The summed E-state index contributed by atoms with van der Waals surface area (Å²) in [5.41, 5.74) is 1.64. The second-order valence-corrected chi connectivity index (χ2v) is 7.25. The minimum atomic E-state index is -0.617. The summed E-state index contributed by atoms with van der Waals surface area (Å²) in [4.78, 5) is 32.0. The van der Waals surface area contributed by atoms with Gasteiger partial charge in [-0.05, 0) is 54.4 Å². The Morgan fingerprint density at radius 2 is 2.07 bits per heavy atom. The smallest absolute Gasteiger partial charge is 0.256 e. The molecule has 1 amide bonds. The van der Waals surface area contributed by atoms with E-state index in [2.05, 4.69) is 36.3 Å². The first-order valence-corrected chi connectivity index (χ1v) is 9.51. The van der Waals surface area contributed by atoms with E-state index in [9.17, 15) is 14.0 Å². The molecule has 0 fully saturated rings. The van der Waals surface area contributed by atoms with Crippen molar-refractivity contribution >= 4 is 39.3 Å². The van der Waals surface area contributed by atoms with Crippen LogP contribution >= 0.6 is 27.5 Å². The molecule has 0 bridgehead atoms. The topological polar surface area (TPSA) is 92.7 Å². The van der Waals surface area contributed by atoms with Gasteiger partial charge in [-0.2, -0.15) is 9.78 Å². The van der Waals surface area contributed by atoms with Gasteiger partial charge in [-0.25, -0.2) is 9.37 Å². The van der Waals surface area contributed by atoms with Crippen LogP contribution in [0.15, 0.2) is 27.5 Å². The van der Waals surface area contributed by atoms with Gasteiger partial charge in [-0.15, -0.1) is 0 Å². The molecule has 7 nitrogen and oxygen atoms in total. The number of nitrogens with one attached hydrogen (secondary N) is 2. The molecular weight excluding hydrogens is 453 g/mol. The van der Waals surface area contributed by atoms with Gasteiger partial charge in [0.1, 0.15) is 5.82 Å². The molecule has 10 heteroatoms. The Hall–Kier alpha value is -2.52. The van der Waals surface area contributed by atoms with Gasteiger partial charge in [-0.3, -0.25) is 14.6 Å². The lowest BCUT2D eigenvalue weighted by molar-refractivity contribution is 0.102. The molecule has 0 saturated carbocycles. The van der Waals surface area contributed by atoms with Crippen LogP contribution in [-0.2, 0) is 6.42 Å². The van der Waals surface area contributed by atoms with E-state index in [1.54, 1.807) is 13.8 Å². The minimum Gasteiger partial charge on any atom is -0.305 e. The molecule has 0 saturated heterocycles. The zero-order valence-electron chi connectivity index (χ0n) is 15.2. The lowest BCUT2D eigenvalue weighted by Crippen LogP contribution is -2.22. The van der Waals surface area contributed by atoms with E-state index < -0.39 is 11.7 Å². The predicted octanol–water partition coefficient (Wildman–Crippen LogP) is 3.94. The standard InChI is InChI=1S/C18H16BrClFN5O2/c1-4-11-8(2)22-18(24-17(11)28)26-15(14(19)9(3)25-26)23-16(27)10-5-6-13(21)12(20)7-10/h5-7H,4H2,1-3H3,(H,23,27)(H,22,24,28). The fraction of sp³-hybridized carbons (Fsp3) is 0.222. The van der Waals surface area contributed by atoms with Gasteiger partial charge in [0.2, 0.25) is 5.95 Å². The molecule has 0 spiro atoms. The summed E-state index contributed by atoms with van der Waals surface area (Å²) in [6, 6.07) is 3.66. The van der Waals surface area contributed by atoms with Gasteiger partial charge in [-0.1, -0.05) is 18.5 Å². The van der Waals surface area contributed by atoms with Crippen molar-refractivity contribution in [2.75, 3.05) is 5.32 Å². The maximum absolute atomic E-state index is 13.4. The van der Waals surface area contributed by atoms with Gasteiger partial charge in [0, 0.05) is 16.8 Å². The molecule has 1 aromatic carbocycles. The number of H-pyrrole nitrogens is 1. The Labute approximate surface area is 173 Å². The van der Waals surface area contributed by atoms with Crippen molar-refractivity contribution in [3.05, 3.63) is 66.4 Å². The molecule has 2 aromatic heterocycles. The number of nitrogens with zero attached hydrogens (tertiary/aromatic N) is 3. The molecule has 0 aliphatic rings. The zero-order valence-corrected chi connectivity index (χ0v) is 17.6. The van der Waals surface area contributed by atoms with E-state index in [0.717, 1.165) is 6.07 Å². The van der Waals surface area contributed by atoms with Crippen LogP contribution in [0, 0.1) is 19.7 Å². The van der Waals surface area contributed by atoms with Crippen molar-refractivity contribution in [1.82, 2.24) is 19.7 Å². The molecule has 0 unspecified atom stereocenters. The van der Waals surface area contributed by atoms with Gasteiger partial charge in [0.25, 0.3) is 11.5 Å². The van der Waals surface area contributed by atoms with Gasteiger partial charge < -0.3 is 5.32 Å².